The van der Waals surface area contributed by atoms with E-state index in [0.29, 0.717) is 36.3 Å². The minimum atomic E-state index is -0.275. The quantitative estimate of drug-likeness (QED) is 0.414. The van der Waals surface area contributed by atoms with Crippen LogP contribution in [0.3, 0.4) is 0 Å². The van der Waals surface area contributed by atoms with Crippen LogP contribution in [0.2, 0.25) is 0 Å². The van der Waals surface area contributed by atoms with Gasteiger partial charge in [0.25, 0.3) is 0 Å². The molecule has 0 spiro atoms. The molecule has 134 valence electrons. The summed E-state index contributed by atoms with van der Waals surface area (Å²) in [4.78, 5) is 15.2. The fourth-order valence-corrected chi connectivity index (χ4v) is 2.03. The summed E-state index contributed by atoms with van der Waals surface area (Å²) in [7, 11) is 7.72. The average molecular weight is 339 g/mol. The van der Waals surface area contributed by atoms with Gasteiger partial charge in [-0.05, 0) is 17.7 Å². The van der Waals surface area contributed by atoms with Crippen LogP contribution >= 0.6 is 0 Å². The van der Waals surface area contributed by atoms with Gasteiger partial charge in [-0.15, -0.1) is 0 Å². The lowest BCUT2D eigenvalue weighted by atomic mass is 10.2. The second-order valence-electron chi connectivity index (χ2n) is 4.71. The third-order valence-corrected chi connectivity index (χ3v) is 3.26. The molecule has 0 radical (unpaired) electrons. The van der Waals surface area contributed by atoms with E-state index in [9.17, 15) is 4.79 Å². The maximum atomic E-state index is 11.1. The third kappa shape index (κ3) is 5.53. The summed E-state index contributed by atoms with van der Waals surface area (Å²) in [6, 6.07) is 3.71. The van der Waals surface area contributed by atoms with Crippen molar-refractivity contribution in [3.05, 3.63) is 17.7 Å². The molecule has 0 fully saturated rings. The number of carbonyl (C=O) groups excluding carboxylic acids is 1. The number of aliphatic imine (C=N–C) groups is 1. The summed E-state index contributed by atoms with van der Waals surface area (Å²) in [5.74, 6) is 2.02. The van der Waals surface area contributed by atoms with E-state index in [1.54, 1.807) is 28.4 Å². The highest BCUT2D eigenvalue weighted by Gasteiger charge is 2.13. The van der Waals surface area contributed by atoms with Crippen LogP contribution in [-0.4, -0.2) is 54.0 Å². The molecule has 8 nitrogen and oxygen atoms in total. The summed E-state index contributed by atoms with van der Waals surface area (Å²) in [5, 5.41) is 6.19. The summed E-state index contributed by atoms with van der Waals surface area (Å²) < 4.78 is 20.5. The van der Waals surface area contributed by atoms with Crippen molar-refractivity contribution in [3.63, 3.8) is 0 Å². The Morgan fingerprint density at radius 2 is 1.67 bits per heavy atom. The molecule has 0 aliphatic rings. The first-order valence-electron chi connectivity index (χ1n) is 7.39. The number of nitrogens with zero attached hydrogens (tertiary/aromatic N) is 1. The average Bonchev–Trinajstić information content (AvgIpc) is 2.62. The number of carbonyl (C=O) groups is 1. The molecule has 1 aromatic carbocycles. The Morgan fingerprint density at radius 3 is 2.12 bits per heavy atom. The van der Waals surface area contributed by atoms with Crippen molar-refractivity contribution >= 4 is 11.9 Å². The lowest BCUT2D eigenvalue weighted by Gasteiger charge is -2.15. The molecular weight excluding hydrogens is 314 g/mol. The third-order valence-electron chi connectivity index (χ3n) is 3.26. The first kappa shape index (κ1) is 19.4. The number of hydrogen-bond donors (Lipinski definition) is 2. The van der Waals surface area contributed by atoms with Crippen LogP contribution in [0.4, 0.5) is 0 Å². The minimum Gasteiger partial charge on any atom is -0.493 e. The molecule has 0 aliphatic carbocycles. The van der Waals surface area contributed by atoms with E-state index < -0.39 is 0 Å². The maximum absolute atomic E-state index is 11.1. The fourth-order valence-electron chi connectivity index (χ4n) is 2.03. The molecule has 1 rings (SSSR count). The second-order valence-corrected chi connectivity index (χ2v) is 4.71. The van der Waals surface area contributed by atoms with Gasteiger partial charge in [0, 0.05) is 20.1 Å². The highest BCUT2D eigenvalue weighted by Crippen LogP contribution is 2.38. The number of ether oxygens (including phenoxy) is 4. The normalized spacial score (nSPS) is 10.8. The van der Waals surface area contributed by atoms with Crippen LogP contribution in [0.25, 0.3) is 0 Å². The van der Waals surface area contributed by atoms with Crippen molar-refractivity contribution in [2.45, 2.75) is 13.0 Å². The number of guanidine groups is 1. The highest BCUT2D eigenvalue weighted by atomic mass is 16.5. The van der Waals surface area contributed by atoms with Crippen molar-refractivity contribution in [1.29, 1.82) is 0 Å². The van der Waals surface area contributed by atoms with E-state index in [1.807, 2.05) is 12.1 Å². The summed E-state index contributed by atoms with van der Waals surface area (Å²) in [6.07, 6.45) is 0.265. The number of benzene rings is 1. The standard InChI is InChI=1S/C16H25N3O5/c1-17-16(18-7-6-14(20)23-4)19-10-11-8-12(21-2)15(24-5)13(9-11)22-3/h8-9H,6-7,10H2,1-5H3,(H2,17,18,19). The molecule has 1 aromatic rings. The zero-order valence-corrected chi connectivity index (χ0v) is 14.8. The Labute approximate surface area is 142 Å². The zero-order chi connectivity index (χ0) is 17.9. The van der Waals surface area contributed by atoms with Crippen LogP contribution in [0.15, 0.2) is 17.1 Å². The predicted octanol–water partition coefficient (Wildman–Crippen LogP) is 0.940. The number of nitrogens with one attached hydrogen (secondary N) is 2. The van der Waals surface area contributed by atoms with E-state index in [1.165, 1.54) is 7.11 Å². The van der Waals surface area contributed by atoms with Gasteiger partial charge in [-0.3, -0.25) is 9.79 Å². The van der Waals surface area contributed by atoms with Gasteiger partial charge in [-0.25, -0.2) is 0 Å². The minimum absolute atomic E-state index is 0.265. The van der Waals surface area contributed by atoms with Gasteiger partial charge in [0.2, 0.25) is 5.75 Å². The van der Waals surface area contributed by atoms with Gasteiger partial charge in [-0.1, -0.05) is 0 Å². The van der Waals surface area contributed by atoms with Crippen molar-refractivity contribution < 1.29 is 23.7 Å². The maximum Gasteiger partial charge on any atom is 0.307 e. The first-order valence-corrected chi connectivity index (χ1v) is 7.39. The Hall–Kier alpha value is -2.64. The van der Waals surface area contributed by atoms with Gasteiger partial charge < -0.3 is 29.6 Å². The smallest absolute Gasteiger partial charge is 0.307 e. The van der Waals surface area contributed by atoms with Crippen LogP contribution in [0.1, 0.15) is 12.0 Å². The van der Waals surface area contributed by atoms with E-state index in [-0.39, 0.29) is 12.4 Å². The molecule has 0 atom stereocenters. The largest absolute Gasteiger partial charge is 0.493 e. The fraction of sp³-hybridized carbons (Fsp3) is 0.500. The Morgan fingerprint density at radius 1 is 1.04 bits per heavy atom. The lowest BCUT2D eigenvalue weighted by Crippen LogP contribution is -2.37. The van der Waals surface area contributed by atoms with Crippen molar-refractivity contribution in [2.75, 3.05) is 42.0 Å². The van der Waals surface area contributed by atoms with Crippen LogP contribution in [-0.2, 0) is 16.1 Å². The van der Waals surface area contributed by atoms with Gasteiger partial charge >= 0.3 is 5.97 Å². The monoisotopic (exact) mass is 339 g/mol. The number of rotatable bonds is 8. The van der Waals surface area contributed by atoms with Crippen molar-refractivity contribution in [2.24, 2.45) is 4.99 Å². The van der Waals surface area contributed by atoms with E-state index in [2.05, 4.69) is 20.4 Å². The zero-order valence-electron chi connectivity index (χ0n) is 14.8. The van der Waals surface area contributed by atoms with Gasteiger partial charge in [-0.2, -0.15) is 0 Å². The summed E-state index contributed by atoms with van der Waals surface area (Å²) in [5.41, 5.74) is 0.931. The SMILES string of the molecule is CN=C(NCCC(=O)OC)NCc1cc(OC)c(OC)c(OC)c1. The molecule has 0 heterocycles. The molecule has 0 aliphatic heterocycles. The Bertz CT molecular complexity index is 550. The van der Waals surface area contributed by atoms with E-state index in [4.69, 9.17) is 14.2 Å². The van der Waals surface area contributed by atoms with Crippen LogP contribution < -0.4 is 24.8 Å². The van der Waals surface area contributed by atoms with Crippen LogP contribution in [0.5, 0.6) is 17.2 Å². The van der Waals surface area contributed by atoms with Gasteiger partial charge in [0.1, 0.15) is 0 Å². The second kappa shape index (κ2) is 10.2. The topological polar surface area (TPSA) is 90.4 Å². The Kier molecular flexibility index (Phi) is 8.24. The summed E-state index contributed by atoms with van der Waals surface area (Å²) in [6.45, 7) is 0.927. The first-order chi connectivity index (χ1) is 11.6. The molecule has 8 heteroatoms. The molecule has 24 heavy (non-hydrogen) atoms. The number of esters is 1. The van der Waals surface area contributed by atoms with E-state index in [0.717, 1.165) is 5.56 Å². The Balaban J connectivity index is 2.69. The molecule has 0 unspecified atom stereocenters. The van der Waals surface area contributed by atoms with Gasteiger partial charge in [0.15, 0.2) is 17.5 Å². The molecule has 0 saturated heterocycles. The molecule has 0 amide bonds. The van der Waals surface area contributed by atoms with Gasteiger partial charge in [0.05, 0.1) is 34.9 Å². The predicted molar refractivity (Wildman–Crippen MR) is 90.9 cm³/mol. The molecule has 0 bridgehead atoms. The lowest BCUT2D eigenvalue weighted by molar-refractivity contribution is -0.140. The van der Waals surface area contributed by atoms with Crippen LogP contribution in [0, 0.1) is 0 Å². The molecule has 0 saturated carbocycles. The van der Waals surface area contributed by atoms with Crippen molar-refractivity contribution in [1.82, 2.24) is 10.6 Å². The molecule has 2 N–H and O–H groups in total. The highest BCUT2D eigenvalue weighted by molar-refractivity contribution is 5.80. The summed E-state index contributed by atoms with van der Waals surface area (Å²) >= 11 is 0. The number of hydrogen-bond acceptors (Lipinski definition) is 6. The molecular formula is C16H25N3O5. The van der Waals surface area contributed by atoms with Crippen molar-refractivity contribution in [3.8, 4) is 17.2 Å². The number of methoxy groups -OCH3 is 4. The van der Waals surface area contributed by atoms with E-state index >= 15 is 0 Å². The molecule has 0 aromatic heterocycles.